The Morgan fingerprint density at radius 3 is 1.88 bits per heavy atom. The number of methoxy groups -OCH3 is 4. The molecule has 0 saturated heterocycles. The van der Waals surface area contributed by atoms with E-state index in [1.54, 1.807) is 52.7 Å². The predicted molar refractivity (Wildman–Crippen MR) is 180 cm³/mol. The number of nitrogens with zero attached hydrogens (tertiary/aromatic N) is 2. The van der Waals surface area contributed by atoms with Gasteiger partial charge in [0, 0.05) is 41.5 Å². The van der Waals surface area contributed by atoms with Crippen molar-refractivity contribution in [2.75, 3.05) is 28.4 Å². The van der Waals surface area contributed by atoms with Crippen LogP contribution in [0, 0.1) is 30.4 Å². The Labute approximate surface area is 277 Å². The lowest BCUT2D eigenvalue weighted by atomic mass is 9.84. The first-order chi connectivity index (χ1) is 23.3. The van der Waals surface area contributed by atoms with Crippen molar-refractivity contribution in [2.45, 2.75) is 12.3 Å². The van der Waals surface area contributed by atoms with Crippen LogP contribution < -0.4 is 14.0 Å². The predicted octanol–water partition coefficient (Wildman–Crippen LogP) is 8.03. The first kappa shape index (κ1) is 29.9. The van der Waals surface area contributed by atoms with Gasteiger partial charge in [0.25, 0.3) is 0 Å². The fourth-order valence-electron chi connectivity index (χ4n) is 7.68. The molecule has 2 aliphatic carbocycles. The molecule has 0 N–H and O–H groups in total. The standard InChI is InChI=1S/C40H33F2N2O4/c1-22-29-20-35(46-3)34(45-2)18-26(29)19-36-40-21-30(38(47-4)39(48-5)37(40)31(40)14-15-44(22)36)25-16-32(23-6-10-27(41)11-7-23)43-33(17-25)24-8-12-28(42)13-9-24/h6-21,31,37H,1-5H3/q+1. The number of hydrogen-bond acceptors (Lipinski definition) is 5. The monoisotopic (exact) mass is 643 g/mol. The third-order valence-corrected chi connectivity index (χ3v) is 10.0. The zero-order valence-corrected chi connectivity index (χ0v) is 27.2. The smallest absolute Gasteiger partial charge is 0.199 e. The van der Waals surface area contributed by atoms with Crippen molar-refractivity contribution in [1.82, 2.24) is 4.98 Å². The molecule has 3 heterocycles. The molecule has 1 aliphatic heterocycles. The number of benzene rings is 3. The van der Waals surface area contributed by atoms with Crippen LogP contribution >= 0.6 is 0 Å². The highest BCUT2D eigenvalue weighted by Crippen LogP contribution is 2.69. The maximum absolute atomic E-state index is 13.9. The van der Waals surface area contributed by atoms with Gasteiger partial charge in [-0.2, -0.15) is 4.57 Å². The summed E-state index contributed by atoms with van der Waals surface area (Å²) in [5.41, 5.74) is 6.29. The zero-order valence-electron chi connectivity index (χ0n) is 27.2. The SMILES string of the molecule is COC1=C(OC)C2C3C=C[n+]4c(cc5cc(OC)c(OC)cc5c4C)C32C=C1c1cc(-c2ccc(F)cc2)nc(-c2ccc(F)cc2)c1. The molecule has 8 heteroatoms. The van der Waals surface area contributed by atoms with Gasteiger partial charge in [-0.1, -0.05) is 6.08 Å². The van der Waals surface area contributed by atoms with Gasteiger partial charge in [-0.25, -0.2) is 13.8 Å². The second-order valence-corrected chi connectivity index (χ2v) is 12.4. The third-order valence-electron chi connectivity index (χ3n) is 10.0. The first-order valence-electron chi connectivity index (χ1n) is 15.7. The normalized spacial score (nSPS) is 20.4. The molecule has 3 unspecified atom stereocenters. The van der Waals surface area contributed by atoms with E-state index in [-0.39, 0.29) is 23.5 Å². The van der Waals surface area contributed by atoms with Crippen LogP contribution in [-0.4, -0.2) is 33.4 Å². The van der Waals surface area contributed by atoms with Crippen LogP contribution in [0.2, 0.25) is 0 Å². The van der Waals surface area contributed by atoms with E-state index in [1.165, 1.54) is 24.3 Å². The average Bonchev–Trinajstić information content (AvgIpc) is 3.80. The number of allylic oxidation sites excluding steroid dienone is 4. The van der Waals surface area contributed by atoms with Gasteiger partial charge in [-0.15, -0.1) is 0 Å². The highest BCUT2D eigenvalue weighted by molar-refractivity contribution is 5.90. The number of fused-ring (bicyclic) bond motifs is 3. The van der Waals surface area contributed by atoms with E-state index in [9.17, 15) is 8.78 Å². The Bertz CT molecular complexity index is 2160. The molecule has 1 spiro atoms. The number of halogens is 2. The van der Waals surface area contributed by atoms with Crippen molar-refractivity contribution in [2.24, 2.45) is 11.8 Å². The van der Waals surface area contributed by atoms with Crippen molar-refractivity contribution < 1.29 is 32.3 Å². The van der Waals surface area contributed by atoms with Crippen molar-refractivity contribution >= 4 is 22.5 Å². The molecule has 1 fully saturated rings. The molecule has 2 aromatic heterocycles. The lowest BCUT2D eigenvalue weighted by Crippen LogP contribution is -2.42. The molecule has 3 aromatic carbocycles. The van der Waals surface area contributed by atoms with Gasteiger partial charge in [0.2, 0.25) is 0 Å². The maximum Gasteiger partial charge on any atom is 0.199 e. The highest BCUT2D eigenvalue weighted by atomic mass is 19.1. The molecule has 3 atom stereocenters. The summed E-state index contributed by atoms with van der Waals surface area (Å²) >= 11 is 0. The molecule has 0 radical (unpaired) electrons. The van der Waals surface area contributed by atoms with Crippen LogP contribution in [0.5, 0.6) is 11.5 Å². The second kappa shape index (κ2) is 11.0. The van der Waals surface area contributed by atoms with E-state index in [0.717, 1.165) is 50.2 Å². The Balaban J connectivity index is 1.37. The maximum atomic E-state index is 13.9. The molecule has 0 amide bonds. The molecule has 0 bridgehead atoms. The van der Waals surface area contributed by atoms with Crippen molar-refractivity contribution in [3.8, 4) is 34.0 Å². The summed E-state index contributed by atoms with van der Waals surface area (Å²) in [7, 11) is 6.64. The average molecular weight is 644 g/mol. The van der Waals surface area contributed by atoms with Crippen molar-refractivity contribution in [1.29, 1.82) is 0 Å². The Kier molecular flexibility index (Phi) is 6.87. The van der Waals surface area contributed by atoms with Gasteiger partial charge in [0.15, 0.2) is 34.8 Å². The molecule has 240 valence electrons. The van der Waals surface area contributed by atoms with Gasteiger partial charge in [0.05, 0.1) is 50.6 Å². The van der Waals surface area contributed by atoms with Gasteiger partial charge in [0.1, 0.15) is 17.4 Å². The van der Waals surface area contributed by atoms with Gasteiger partial charge >= 0.3 is 0 Å². The third kappa shape index (κ3) is 4.35. The zero-order chi connectivity index (χ0) is 33.3. The number of aromatic nitrogens is 2. The fourth-order valence-corrected chi connectivity index (χ4v) is 7.68. The van der Waals surface area contributed by atoms with Crippen molar-refractivity contribution in [3.63, 3.8) is 0 Å². The second-order valence-electron chi connectivity index (χ2n) is 12.4. The summed E-state index contributed by atoms with van der Waals surface area (Å²) in [4.78, 5) is 4.94. The minimum absolute atomic E-state index is 0.0261. The van der Waals surface area contributed by atoms with Crippen LogP contribution in [0.3, 0.4) is 0 Å². The van der Waals surface area contributed by atoms with Crippen LogP contribution in [0.4, 0.5) is 8.78 Å². The summed E-state index contributed by atoms with van der Waals surface area (Å²) < 4.78 is 53.7. The quantitative estimate of drug-likeness (QED) is 0.168. The summed E-state index contributed by atoms with van der Waals surface area (Å²) in [5.74, 6) is 2.26. The molecule has 8 rings (SSSR count). The lowest BCUT2D eigenvalue weighted by Gasteiger charge is -2.25. The van der Waals surface area contributed by atoms with Crippen LogP contribution in [-0.2, 0) is 14.9 Å². The van der Waals surface area contributed by atoms with Gasteiger partial charge in [-0.05, 0) is 89.8 Å². The molecule has 48 heavy (non-hydrogen) atoms. The fraction of sp³-hybridized carbons (Fsp3) is 0.200. The summed E-state index contributed by atoms with van der Waals surface area (Å²) in [6, 6.07) is 22.8. The summed E-state index contributed by atoms with van der Waals surface area (Å²) in [6.07, 6.45) is 6.71. The van der Waals surface area contributed by atoms with Crippen LogP contribution in [0.1, 0.15) is 17.0 Å². The Morgan fingerprint density at radius 1 is 0.708 bits per heavy atom. The topological polar surface area (TPSA) is 53.7 Å². The molecule has 5 aromatic rings. The number of hydrogen-bond donors (Lipinski definition) is 0. The highest BCUT2D eigenvalue weighted by Gasteiger charge is 2.73. The van der Waals surface area contributed by atoms with Gasteiger partial charge < -0.3 is 18.9 Å². The number of ether oxygens (including phenoxy) is 4. The Morgan fingerprint density at radius 2 is 1.31 bits per heavy atom. The van der Waals surface area contributed by atoms with E-state index in [2.05, 4.69) is 35.9 Å². The van der Waals surface area contributed by atoms with E-state index in [4.69, 9.17) is 23.9 Å². The molecular weight excluding hydrogens is 610 g/mol. The molecule has 3 aliphatic rings. The molecule has 1 saturated carbocycles. The molecular formula is C40H33F2N2O4+. The van der Waals surface area contributed by atoms with E-state index >= 15 is 0 Å². The Hall–Kier alpha value is -5.50. The minimum Gasteiger partial charge on any atom is -0.497 e. The van der Waals surface area contributed by atoms with Gasteiger partial charge in [-0.3, -0.25) is 0 Å². The lowest BCUT2D eigenvalue weighted by molar-refractivity contribution is -0.587. The van der Waals surface area contributed by atoms with Crippen LogP contribution in [0.15, 0.2) is 103 Å². The number of rotatable bonds is 7. The van der Waals surface area contributed by atoms with E-state index in [0.29, 0.717) is 28.6 Å². The molecule has 6 nitrogen and oxygen atoms in total. The largest absolute Gasteiger partial charge is 0.497 e. The first-order valence-corrected chi connectivity index (χ1v) is 15.7. The van der Waals surface area contributed by atoms with E-state index < -0.39 is 5.41 Å². The minimum atomic E-state index is -0.418. The number of aryl methyl sites for hydroxylation is 1. The van der Waals surface area contributed by atoms with Crippen LogP contribution in [0.25, 0.3) is 45.1 Å². The summed E-state index contributed by atoms with van der Waals surface area (Å²) in [5, 5.41) is 2.11. The van der Waals surface area contributed by atoms with Crippen molar-refractivity contribution in [3.05, 3.63) is 131 Å². The number of pyridine rings is 2. The van der Waals surface area contributed by atoms with E-state index in [1.807, 2.05) is 24.3 Å². The summed E-state index contributed by atoms with van der Waals surface area (Å²) in [6.45, 7) is 2.12.